The Kier molecular flexibility index (Phi) is 4.35. The lowest BCUT2D eigenvalue weighted by molar-refractivity contribution is 0.0751. The third kappa shape index (κ3) is 3.01. The van der Waals surface area contributed by atoms with Crippen molar-refractivity contribution in [3.8, 4) is 28.3 Å². The molecule has 0 fully saturated rings. The second-order valence-corrected chi connectivity index (χ2v) is 8.46. The van der Waals surface area contributed by atoms with E-state index in [-0.39, 0.29) is 5.91 Å². The highest BCUT2D eigenvalue weighted by molar-refractivity contribution is 5.95. The Balaban J connectivity index is 1.26. The number of hydrogen-bond donors (Lipinski definition) is 1. The number of rotatable bonds is 3. The summed E-state index contributed by atoms with van der Waals surface area (Å²) < 4.78 is 5.37. The highest BCUT2D eigenvalue weighted by Crippen LogP contribution is 2.38. The number of hydrogen-bond acceptors (Lipinski definition) is 3. The monoisotopic (exact) mass is 421 g/mol. The van der Waals surface area contributed by atoms with Gasteiger partial charge in [0.25, 0.3) is 5.91 Å². The summed E-state index contributed by atoms with van der Waals surface area (Å²) in [6.07, 6.45) is 1.88. The molecule has 2 heterocycles. The molecule has 1 aromatic heterocycles. The molecule has 0 spiro atoms. The minimum Gasteiger partial charge on any atom is -0.497 e. The van der Waals surface area contributed by atoms with Crippen molar-refractivity contribution in [1.82, 2.24) is 15.1 Å². The summed E-state index contributed by atoms with van der Waals surface area (Å²) >= 11 is 0. The fourth-order valence-corrected chi connectivity index (χ4v) is 4.91. The molecule has 0 unspecified atom stereocenters. The van der Waals surface area contributed by atoms with E-state index < -0.39 is 0 Å². The van der Waals surface area contributed by atoms with E-state index in [1.54, 1.807) is 7.11 Å². The molecule has 0 atom stereocenters. The molecule has 1 aliphatic carbocycles. The zero-order valence-corrected chi connectivity index (χ0v) is 17.9. The first-order valence-corrected chi connectivity index (χ1v) is 10.9. The molecule has 5 heteroatoms. The maximum absolute atomic E-state index is 13.0. The molecule has 5 nitrogen and oxygen atoms in total. The van der Waals surface area contributed by atoms with Gasteiger partial charge in [0.15, 0.2) is 0 Å². The van der Waals surface area contributed by atoms with Gasteiger partial charge in [-0.15, -0.1) is 0 Å². The van der Waals surface area contributed by atoms with Crippen LogP contribution in [-0.4, -0.2) is 28.1 Å². The fourth-order valence-electron chi connectivity index (χ4n) is 4.91. The van der Waals surface area contributed by atoms with Crippen molar-refractivity contribution in [2.75, 3.05) is 7.11 Å². The Bertz CT molecular complexity index is 1310. The lowest BCUT2D eigenvalue weighted by atomic mass is 9.87. The lowest BCUT2D eigenvalue weighted by Gasteiger charge is -2.18. The quantitative estimate of drug-likeness (QED) is 0.506. The molecule has 158 valence electrons. The second-order valence-electron chi connectivity index (χ2n) is 8.46. The van der Waals surface area contributed by atoms with Gasteiger partial charge in [0.2, 0.25) is 0 Å². The molecule has 0 radical (unpaired) electrons. The summed E-state index contributed by atoms with van der Waals surface area (Å²) in [6, 6.07) is 22.3. The lowest BCUT2D eigenvalue weighted by Crippen LogP contribution is -2.25. The van der Waals surface area contributed by atoms with Crippen LogP contribution in [0.1, 0.15) is 32.6 Å². The van der Waals surface area contributed by atoms with Crippen molar-refractivity contribution in [2.45, 2.75) is 25.9 Å². The molecule has 1 amide bonds. The minimum absolute atomic E-state index is 0.0691. The van der Waals surface area contributed by atoms with Crippen LogP contribution in [0.3, 0.4) is 0 Å². The number of H-pyrrole nitrogens is 1. The number of nitrogens with zero attached hydrogens (tertiary/aromatic N) is 2. The topological polar surface area (TPSA) is 58.2 Å². The Labute approximate surface area is 186 Å². The van der Waals surface area contributed by atoms with Gasteiger partial charge in [-0.3, -0.25) is 9.89 Å². The molecule has 4 aromatic rings. The van der Waals surface area contributed by atoms with E-state index in [4.69, 9.17) is 4.74 Å². The van der Waals surface area contributed by atoms with E-state index in [1.807, 2.05) is 47.4 Å². The van der Waals surface area contributed by atoms with Gasteiger partial charge >= 0.3 is 0 Å². The summed E-state index contributed by atoms with van der Waals surface area (Å²) in [5, 5.41) is 7.88. The first-order chi connectivity index (χ1) is 15.7. The standard InChI is InChI=1S/C27H23N3O2/c1-32-22-11-13-23-19(14-22)10-12-24-25(28-29-26(23)24)17-6-8-18(9-7-17)27(31)30-15-20-4-2-3-5-21(20)16-30/h2-9,11,13-14H,10,12,15-16H2,1H3,(H,28,29). The predicted molar refractivity (Wildman–Crippen MR) is 123 cm³/mol. The SMILES string of the molecule is COc1ccc2c(c1)CCc1c(-c3ccc(C(=O)N4Cc5ccccc5C4)cc3)n[nH]c1-2. The van der Waals surface area contributed by atoms with Crippen molar-refractivity contribution in [2.24, 2.45) is 0 Å². The van der Waals surface area contributed by atoms with E-state index >= 15 is 0 Å². The van der Waals surface area contributed by atoms with Gasteiger partial charge in [0.05, 0.1) is 18.5 Å². The smallest absolute Gasteiger partial charge is 0.254 e. The van der Waals surface area contributed by atoms with Crippen LogP contribution < -0.4 is 4.74 Å². The van der Waals surface area contributed by atoms with Crippen LogP contribution in [0.5, 0.6) is 5.75 Å². The number of ether oxygens (including phenoxy) is 1. The zero-order valence-electron chi connectivity index (χ0n) is 17.9. The third-order valence-electron chi connectivity index (χ3n) is 6.63. The molecule has 1 aliphatic heterocycles. The molecule has 6 rings (SSSR count). The zero-order chi connectivity index (χ0) is 21.7. The Morgan fingerprint density at radius 2 is 1.69 bits per heavy atom. The van der Waals surface area contributed by atoms with Crippen molar-refractivity contribution in [3.05, 3.63) is 94.5 Å². The van der Waals surface area contributed by atoms with Crippen LogP contribution in [0, 0.1) is 0 Å². The molecule has 0 saturated heterocycles. The number of amides is 1. The number of aromatic nitrogens is 2. The van der Waals surface area contributed by atoms with Crippen molar-refractivity contribution >= 4 is 5.91 Å². The number of carbonyl (C=O) groups excluding carboxylic acids is 1. The van der Waals surface area contributed by atoms with Gasteiger partial charge in [-0.05, 0) is 59.9 Å². The predicted octanol–water partition coefficient (Wildman–Crippen LogP) is 5.01. The van der Waals surface area contributed by atoms with Crippen LogP contribution in [0.15, 0.2) is 66.7 Å². The van der Waals surface area contributed by atoms with E-state index in [9.17, 15) is 4.79 Å². The number of fused-ring (bicyclic) bond motifs is 4. The largest absolute Gasteiger partial charge is 0.497 e. The first kappa shape index (κ1) is 18.9. The summed E-state index contributed by atoms with van der Waals surface area (Å²) in [4.78, 5) is 14.9. The number of benzene rings is 3. The van der Waals surface area contributed by atoms with Gasteiger partial charge in [-0.2, -0.15) is 5.10 Å². The van der Waals surface area contributed by atoms with E-state index in [0.29, 0.717) is 18.7 Å². The van der Waals surface area contributed by atoms with Gasteiger partial charge in [-0.1, -0.05) is 36.4 Å². The summed E-state index contributed by atoms with van der Waals surface area (Å²) in [5.74, 6) is 0.952. The molecule has 0 saturated carbocycles. The van der Waals surface area contributed by atoms with Gasteiger partial charge in [0, 0.05) is 35.3 Å². The molecule has 1 N–H and O–H groups in total. The summed E-state index contributed by atoms with van der Waals surface area (Å²) in [6.45, 7) is 1.35. The molecule has 32 heavy (non-hydrogen) atoms. The van der Waals surface area contributed by atoms with Crippen LogP contribution in [0.2, 0.25) is 0 Å². The van der Waals surface area contributed by atoms with Crippen LogP contribution in [-0.2, 0) is 25.9 Å². The molecule has 0 bridgehead atoms. The molecule has 3 aromatic carbocycles. The summed E-state index contributed by atoms with van der Waals surface area (Å²) in [5.41, 5.74) is 9.96. The average Bonchev–Trinajstić information content (AvgIpc) is 3.48. The van der Waals surface area contributed by atoms with Crippen LogP contribution >= 0.6 is 0 Å². The highest BCUT2D eigenvalue weighted by Gasteiger charge is 2.25. The first-order valence-electron chi connectivity index (χ1n) is 10.9. The second kappa shape index (κ2) is 7.38. The molecular weight excluding hydrogens is 398 g/mol. The maximum atomic E-state index is 13.0. The normalized spacial score (nSPS) is 14.0. The molecule has 2 aliphatic rings. The number of aromatic amines is 1. The van der Waals surface area contributed by atoms with Crippen LogP contribution in [0.4, 0.5) is 0 Å². The van der Waals surface area contributed by atoms with Crippen molar-refractivity contribution < 1.29 is 9.53 Å². The highest BCUT2D eigenvalue weighted by atomic mass is 16.5. The van der Waals surface area contributed by atoms with Gasteiger partial charge in [0.1, 0.15) is 5.75 Å². The molecular formula is C27H23N3O2. The Hall–Kier alpha value is -3.86. The Morgan fingerprint density at radius 1 is 0.938 bits per heavy atom. The van der Waals surface area contributed by atoms with Gasteiger partial charge in [-0.25, -0.2) is 0 Å². The minimum atomic E-state index is 0.0691. The van der Waals surface area contributed by atoms with E-state index in [1.165, 1.54) is 27.8 Å². The number of aryl methyl sites for hydroxylation is 1. The van der Waals surface area contributed by atoms with E-state index in [2.05, 4.69) is 34.5 Å². The van der Waals surface area contributed by atoms with Gasteiger partial charge < -0.3 is 9.64 Å². The third-order valence-corrected chi connectivity index (χ3v) is 6.63. The fraction of sp³-hybridized carbons (Fsp3) is 0.185. The maximum Gasteiger partial charge on any atom is 0.254 e. The number of nitrogens with one attached hydrogen (secondary N) is 1. The van der Waals surface area contributed by atoms with Crippen molar-refractivity contribution in [3.63, 3.8) is 0 Å². The number of methoxy groups -OCH3 is 1. The Morgan fingerprint density at radius 3 is 2.41 bits per heavy atom. The average molecular weight is 422 g/mol. The van der Waals surface area contributed by atoms with Crippen molar-refractivity contribution in [1.29, 1.82) is 0 Å². The van der Waals surface area contributed by atoms with E-state index in [0.717, 1.165) is 35.5 Å². The number of carbonyl (C=O) groups is 1. The van der Waals surface area contributed by atoms with Crippen LogP contribution in [0.25, 0.3) is 22.5 Å². The summed E-state index contributed by atoms with van der Waals surface area (Å²) in [7, 11) is 1.70.